The van der Waals surface area contributed by atoms with Crippen LogP contribution in [-0.2, 0) is 11.3 Å². The van der Waals surface area contributed by atoms with Crippen LogP contribution in [0.4, 0.5) is 0 Å². The van der Waals surface area contributed by atoms with Gasteiger partial charge in [0, 0.05) is 24.8 Å². The largest absolute Gasteiger partial charge is 0.507 e. The van der Waals surface area contributed by atoms with E-state index in [1.807, 2.05) is 30.3 Å². The highest BCUT2D eigenvalue weighted by Crippen LogP contribution is 2.36. The molecule has 0 bridgehead atoms. The molecule has 0 aliphatic rings. The Hall–Kier alpha value is -2.79. The molecule has 23 heavy (non-hydrogen) atoms. The van der Waals surface area contributed by atoms with Gasteiger partial charge in [0.15, 0.2) is 5.43 Å². The van der Waals surface area contributed by atoms with Crippen LogP contribution in [0.3, 0.4) is 0 Å². The first-order valence-electron chi connectivity index (χ1n) is 7.06. The van der Waals surface area contributed by atoms with Gasteiger partial charge in [0.25, 0.3) is 0 Å². The molecule has 0 saturated heterocycles. The number of phenols is 1. The summed E-state index contributed by atoms with van der Waals surface area (Å²) in [7, 11) is 2.99. The molecule has 0 spiro atoms. The maximum atomic E-state index is 12.4. The Bertz CT molecular complexity index is 897. The lowest BCUT2D eigenvalue weighted by Crippen LogP contribution is -2.04. The van der Waals surface area contributed by atoms with Gasteiger partial charge in [-0.2, -0.15) is 0 Å². The molecule has 1 heterocycles. The van der Waals surface area contributed by atoms with Gasteiger partial charge in [-0.1, -0.05) is 30.3 Å². The molecule has 118 valence electrons. The van der Waals surface area contributed by atoms with Crippen LogP contribution < -0.4 is 10.2 Å². The Morgan fingerprint density at radius 3 is 2.52 bits per heavy atom. The van der Waals surface area contributed by atoms with E-state index in [9.17, 15) is 9.90 Å². The highest BCUT2D eigenvalue weighted by atomic mass is 16.5. The third-order valence-corrected chi connectivity index (χ3v) is 3.62. The molecular weight excluding hydrogens is 296 g/mol. The first-order valence-corrected chi connectivity index (χ1v) is 7.06. The molecule has 3 aromatic rings. The molecule has 1 aromatic heterocycles. The maximum Gasteiger partial charge on any atom is 0.197 e. The summed E-state index contributed by atoms with van der Waals surface area (Å²) >= 11 is 0. The summed E-state index contributed by atoms with van der Waals surface area (Å²) in [4.78, 5) is 12.4. The predicted molar refractivity (Wildman–Crippen MR) is 86.8 cm³/mol. The number of fused-ring (bicyclic) bond motifs is 1. The van der Waals surface area contributed by atoms with E-state index < -0.39 is 0 Å². The van der Waals surface area contributed by atoms with Crippen LogP contribution >= 0.6 is 0 Å². The fraction of sp³-hybridized carbons (Fsp3) is 0.167. The Kier molecular flexibility index (Phi) is 4.04. The zero-order chi connectivity index (χ0) is 16.4. The van der Waals surface area contributed by atoms with Gasteiger partial charge >= 0.3 is 0 Å². The summed E-state index contributed by atoms with van der Waals surface area (Å²) in [6.07, 6.45) is 0. The van der Waals surface area contributed by atoms with Crippen molar-refractivity contribution in [2.45, 2.75) is 6.61 Å². The monoisotopic (exact) mass is 312 g/mol. The Balaban J connectivity index is 2.30. The van der Waals surface area contributed by atoms with Crippen molar-refractivity contribution >= 4 is 11.0 Å². The molecule has 0 radical (unpaired) electrons. The van der Waals surface area contributed by atoms with Crippen molar-refractivity contribution in [3.63, 3.8) is 0 Å². The van der Waals surface area contributed by atoms with Crippen molar-refractivity contribution in [3.05, 3.63) is 58.3 Å². The number of methoxy groups -OCH3 is 2. The molecule has 0 aliphatic carbocycles. The van der Waals surface area contributed by atoms with Crippen LogP contribution in [0.25, 0.3) is 22.3 Å². The minimum absolute atomic E-state index is 0.123. The normalized spacial score (nSPS) is 10.9. The number of rotatable bonds is 4. The Labute approximate surface area is 132 Å². The third-order valence-electron chi connectivity index (χ3n) is 3.62. The van der Waals surface area contributed by atoms with Crippen molar-refractivity contribution in [3.8, 4) is 22.8 Å². The van der Waals surface area contributed by atoms with Gasteiger partial charge in [-0.3, -0.25) is 4.79 Å². The molecule has 0 aliphatic heterocycles. The van der Waals surface area contributed by atoms with E-state index in [1.165, 1.54) is 20.3 Å². The maximum absolute atomic E-state index is 12.4. The second-order valence-corrected chi connectivity index (χ2v) is 5.05. The van der Waals surface area contributed by atoms with E-state index in [0.29, 0.717) is 17.1 Å². The van der Waals surface area contributed by atoms with Gasteiger partial charge in [0.2, 0.25) is 0 Å². The van der Waals surface area contributed by atoms with Gasteiger partial charge in [-0.15, -0.1) is 0 Å². The lowest BCUT2D eigenvalue weighted by atomic mass is 10.1. The van der Waals surface area contributed by atoms with E-state index in [4.69, 9.17) is 13.9 Å². The molecule has 0 fully saturated rings. The second kappa shape index (κ2) is 6.14. The van der Waals surface area contributed by atoms with Crippen molar-refractivity contribution < 1.29 is 19.0 Å². The molecule has 3 rings (SSSR count). The topological polar surface area (TPSA) is 68.9 Å². The lowest BCUT2D eigenvalue weighted by molar-refractivity contribution is 0.179. The highest BCUT2D eigenvalue weighted by molar-refractivity contribution is 5.88. The minimum atomic E-state index is -0.317. The van der Waals surface area contributed by atoms with Crippen molar-refractivity contribution in [2.24, 2.45) is 0 Å². The quantitative estimate of drug-likeness (QED) is 0.800. The van der Waals surface area contributed by atoms with Crippen molar-refractivity contribution in [1.29, 1.82) is 0 Å². The summed E-state index contributed by atoms with van der Waals surface area (Å²) < 4.78 is 16.1. The summed E-state index contributed by atoms with van der Waals surface area (Å²) in [6, 6.07) is 12.3. The van der Waals surface area contributed by atoms with Gasteiger partial charge in [0.05, 0.1) is 19.3 Å². The molecule has 0 saturated carbocycles. The lowest BCUT2D eigenvalue weighted by Gasteiger charge is -2.12. The zero-order valence-corrected chi connectivity index (χ0v) is 12.8. The number of ether oxygens (including phenoxy) is 2. The highest BCUT2D eigenvalue weighted by Gasteiger charge is 2.18. The number of aromatic hydroxyl groups is 1. The average molecular weight is 312 g/mol. The molecule has 0 amide bonds. The third kappa shape index (κ3) is 2.66. The zero-order valence-electron chi connectivity index (χ0n) is 12.8. The first kappa shape index (κ1) is 15.1. The van der Waals surface area contributed by atoms with Crippen molar-refractivity contribution in [1.82, 2.24) is 0 Å². The number of benzene rings is 2. The fourth-order valence-corrected chi connectivity index (χ4v) is 2.53. The van der Waals surface area contributed by atoms with Crippen LogP contribution in [0.5, 0.6) is 11.5 Å². The van der Waals surface area contributed by atoms with Crippen molar-refractivity contribution in [2.75, 3.05) is 14.2 Å². The molecule has 0 unspecified atom stereocenters. The SMILES string of the molecule is COCc1c(OC)cc2oc(-c3ccccc3)cc(=O)c2c1O. The molecular formula is C18H16O5. The van der Waals surface area contributed by atoms with Crippen LogP contribution in [0.15, 0.2) is 51.7 Å². The molecule has 5 nitrogen and oxygen atoms in total. The Morgan fingerprint density at radius 2 is 1.87 bits per heavy atom. The second-order valence-electron chi connectivity index (χ2n) is 5.05. The number of phenolic OH excluding ortho intramolecular Hbond substituents is 1. The number of hydrogen-bond acceptors (Lipinski definition) is 5. The fourth-order valence-electron chi connectivity index (χ4n) is 2.53. The van der Waals surface area contributed by atoms with Gasteiger partial charge < -0.3 is 19.0 Å². The molecule has 2 aromatic carbocycles. The summed E-state index contributed by atoms with van der Waals surface area (Å²) in [6.45, 7) is 0.130. The van der Waals surface area contributed by atoms with Crippen LogP contribution in [0.2, 0.25) is 0 Å². The molecule has 1 N–H and O–H groups in total. The Morgan fingerprint density at radius 1 is 1.13 bits per heavy atom. The van der Waals surface area contributed by atoms with Gasteiger partial charge in [-0.05, 0) is 0 Å². The standard InChI is InChI=1S/C18H16O5/c1-21-10-12-15(22-2)9-16-17(18(12)20)13(19)8-14(23-16)11-6-4-3-5-7-11/h3-9,20H,10H2,1-2H3. The molecule has 0 atom stereocenters. The molecule has 5 heteroatoms. The van der Waals surface area contributed by atoms with E-state index in [2.05, 4.69) is 0 Å². The summed E-state index contributed by atoms with van der Waals surface area (Å²) in [5.41, 5.74) is 1.15. The van der Waals surface area contributed by atoms with E-state index in [1.54, 1.807) is 6.07 Å². The van der Waals surface area contributed by atoms with Crippen LogP contribution in [-0.4, -0.2) is 19.3 Å². The van der Waals surface area contributed by atoms with E-state index >= 15 is 0 Å². The van der Waals surface area contributed by atoms with E-state index in [-0.39, 0.29) is 28.8 Å². The first-order chi connectivity index (χ1) is 11.2. The summed E-state index contributed by atoms with van der Waals surface area (Å²) in [5.74, 6) is 0.670. The van der Waals surface area contributed by atoms with Gasteiger partial charge in [0.1, 0.15) is 28.2 Å². The minimum Gasteiger partial charge on any atom is -0.507 e. The van der Waals surface area contributed by atoms with Crippen LogP contribution in [0, 0.1) is 0 Å². The van der Waals surface area contributed by atoms with E-state index in [0.717, 1.165) is 5.56 Å². The predicted octanol–water partition coefficient (Wildman–Crippen LogP) is 3.32. The smallest absolute Gasteiger partial charge is 0.197 e. The summed E-state index contributed by atoms with van der Waals surface area (Å²) in [5, 5.41) is 10.5. The van der Waals surface area contributed by atoms with Gasteiger partial charge in [-0.25, -0.2) is 0 Å². The number of hydrogen-bond donors (Lipinski definition) is 1. The average Bonchev–Trinajstić information content (AvgIpc) is 2.57. The van der Waals surface area contributed by atoms with Crippen LogP contribution in [0.1, 0.15) is 5.56 Å².